The molecule has 2 N–H and O–H groups in total. The average molecular weight is 480 g/mol. The smallest absolute Gasteiger partial charge is 0.254 e. The van der Waals surface area contributed by atoms with Crippen molar-refractivity contribution in [1.82, 2.24) is 9.88 Å². The summed E-state index contributed by atoms with van der Waals surface area (Å²) in [4.78, 5) is 23.5. The van der Waals surface area contributed by atoms with Crippen LogP contribution in [0, 0.1) is 0 Å². The lowest BCUT2D eigenvalue weighted by Crippen LogP contribution is -2.31. The molecule has 0 bridgehead atoms. The molecule has 1 unspecified atom stereocenters. The number of amides is 1. The van der Waals surface area contributed by atoms with E-state index in [9.17, 15) is 4.79 Å². The molecule has 3 rings (SSSR count). The zero-order valence-electron chi connectivity index (χ0n) is 14.6. The van der Waals surface area contributed by atoms with Crippen molar-refractivity contribution in [2.75, 3.05) is 10.3 Å². The van der Waals surface area contributed by atoms with Gasteiger partial charge >= 0.3 is 0 Å². The summed E-state index contributed by atoms with van der Waals surface area (Å²) in [6, 6.07) is 11.6. The molecular weight excluding hydrogens is 459 g/mol. The number of alkyl halides is 1. The number of hydrogen-bond acceptors (Lipinski definition) is 5. The van der Waals surface area contributed by atoms with E-state index in [0.29, 0.717) is 21.8 Å². The molecule has 2 heterocycles. The molecule has 1 aromatic heterocycles. The van der Waals surface area contributed by atoms with Gasteiger partial charge in [0, 0.05) is 30.3 Å². The summed E-state index contributed by atoms with van der Waals surface area (Å²) in [6.45, 7) is 2.64. The van der Waals surface area contributed by atoms with Crippen molar-refractivity contribution in [1.29, 1.82) is 0 Å². The first-order valence-corrected chi connectivity index (χ1v) is 10.9. The van der Waals surface area contributed by atoms with Crippen LogP contribution < -0.4 is 5.73 Å². The van der Waals surface area contributed by atoms with Gasteiger partial charge in [-0.15, -0.1) is 0 Å². The van der Waals surface area contributed by atoms with Crippen molar-refractivity contribution in [3.63, 3.8) is 0 Å². The number of pyridine rings is 1. The van der Waals surface area contributed by atoms with Crippen LogP contribution in [-0.4, -0.2) is 31.3 Å². The number of halogens is 1. The van der Waals surface area contributed by atoms with E-state index in [1.807, 2.05) is 41.3 Å². The SMILES string of the molecule is CC1(c2cccc(C(=O)N(CI)Cc3ccncc3)c2)CCSC(N)=N1. The van der Waals surface area contributed by atoms with Crippen LogP contribution >= 0.6 is 34.4 Å². The minimum atomic E-state index is -0.369. The van der Waals surface area contributed by atoms with E-state index in [-0.39, 0.29) is 11.4 Å². The van der Waals surface area contributed by atoms with Gasteiger partial charge in [0.15, 0.2) is 5.17 Å². The van der Waals surface area contributed by atoms with Gasteiger partial charge in [-0.1, -0.05) is 46.5 Å². The quantitative estimate of drug-likeness (QED) is 0.402. The Balaban J connectivity index is 1.84. The van der Waals surface area contributed by atoms with E-state index in [1.54, 1.807) is 24.2 Å². The molecule has 0 spiro atoms. The maximum absolute atomic E-state index is 13.0. The van der Waals surface area contributed by atoms with Gasteiger partial charge in [0.05, 0.1) is 10.1 Å². The van der Waals surface area contributed by atoms with Gasteiger partial charge in [-0.2, -0.15) is 0 Å². The second-order valence-electron chi connectivity index (χ2n) is 6.38. The Morgan fingerprint density at radius 2 is 2.12 bits per heavy atom. The number of carbonyl (C=O) groups excluding carboxylic acids is 1. The van der Waals surface area contributed by atoms with Crippen LogP contribution in [0.25, 0.3) is 0 Å². The standard InChI is InChI=1S/C19H21IN4OS/c1-19(7-10-26-18(21)23-19)16-4-2-3-15(11-16)17(25)24(13-20)12-14-5-8-22-9-6-14/h2-6,8-9,11H,7,10,12-13H2,1H3,(H2,21,23). The second-order valence-corrected chi connectivity index (χ2v) is 8.18. The summed E-state index contributed by atoms with van der Waals surface area (Å²) in [5, 5.41) is 0.613. The Bertz CT molecular complexity index is 814. The first-order valence-electron chi connectivity index (χ1n) is 8.35. The summed E-state index contributed by atoms with van der Waals surface area (Å²) >= 11 is 3.81. The maximum Gasteiger partial charge on any atom is 0.254 e. The summed E-state index contributed by atoms with van der Waals surface area (Å²) in [5.74, 6) is 0.954. The molecule has 0 aliphatic carbocycles. The summed E-state index contributed by atoms with van der Waals surface area (Å²) in [6.07, 6.45) is 4.40. The molecule has 1 amide bonds. The number of nitrogens with two attached hydrogens (primary N) is 1. The van der Waals surface area contributed by atoms with E-state index in [4.69, 9.17) is 5.73 Å². The van der Waals surface area contributed by atoms with Gasteiger partial charge in [-0.05, 0) is 48.7 Å². The first-order chi connectivity index (χ1) is 12.5. The Morgan fingerprint density at radius 3 is 2.81 bits per heavy atom. The molecular formula is C19H21IN4OS. The lowest BCUT2D eigenvalue weighted by Gasteiger charge is -2.30. The largest absolute Gasteiger partial charge is 0.379 e. The number of thioether (sulfide) groups is 1. The highest BCUT2D eigenvalue weighted by molar-refractivity contribution is 14.1. The third-order valence-electron chi connectivity index (χ3n) is 4.48. The van der Waals surface area contributed by atoms with Gasteiger partial charge in [-0.3, -0.25) is 14.8 Å². The molecule has 1 aromatic carbocycles. The van der Waals surface area contributed by atoms with Crippen molar-refractivity contribution >= 4 is 45.4 Å². The monoisotopic (exact) mass is 480 g/mol. The summed E-state index contributed by atoms with van der Waals surface area (Å²) < 4.78 is 0.613. The Hall–Kier alpha value is -1.61. The van der Waals surface area contributed by atoms with Crippen molar-refractivity contribution in [2.45, 2.75) is 25.4 Å². The number of carbonyl (C=O) groups is 1. The first kappa shape index (κ1) is 19.2. The van der Waals surface area contributed by atoms with Crippen LogP contribution in [0.3, 0.4) is 0 Å². The number of hydrogen-bond donors (Lipinski definition) is 1. The fourth-order valence-electron chi connectivity index (χ4n) is 2.94. The van der Waals surface area contributed by atoms with Crippen LogP contribution in [0.4, 0.5) is 0 Å². The highest BCUT2D eigenvalue weighted by Gasteiger charge is 2.30. The number of nitrogens with zero attached hydrogens (tertiary/aromatic N) is 3. The van der Waals surface area contributed by atoms with Gasteiger partial charge in [-0.25, -0.2) is 0 Å². The van der Waals surface area contributed by atoms with Gasteiger partial charge in [0.1, 0.15) is 0 Å². The molecule has 1 aliphatic rings. The third kappa shape index (κ3) is 4.37. The molecule has 7 heteroatoms. The van der Waals surface area contributed by atoms with Crippen LogP contribution in [0.5, 0.6) is 0 Å². The van der Waals surface area contributed by atoms with Crippen molar-refractivity contribution < 1.29 is 4.79 Å². The number of benzene rings is 1. The molecule has 0 saturated carbocycles. The molecule has 0 radical (unpaired) electrons. The van der Waals surface area contributed by atoms with E-state index in [2.05, 4.69) is 39.5 Å². The number of aromatic nitrogens is 1. The zero-order valence-corrected chi connectivity index (χ0v) is 17.5. The fourth-order valence-corrected chi connectivity index (χ4v) is 4.47. The predicted molar refractivity (Wildman–Crippen MR) is 115 cm³/mol. The molecule has 26 heavy (non-hydrogen) atoms. The lowest BCUT2D eigenvalue weighted by molar-refractivity contribution is 0.0780. The second kappa shape index (κ2) is 8.39. The predicted octanol–water partition coefficient (Wildman–Crippen LogP) is 3.78. The molecule has 0 fully saturated rings. The highest BCUT2D eigenvalue weighted by atomic mass is 127. The summed E-state index contributed by atoms with van der Waals surface area (Å²) in [5.41, 5.74) is 8.34. The van der Waals surface area contributed by atoms with E-state index in [0.717, 1.165) is 23.3 Å². The van der Waals surface area contributed by atoms with Gasteiger partial charge in [0.25, 0.3) is 5.91 Å². The number of amidine groups is 1. The van der Waals surface area contributed by atoms with E-state index < -0.39 is 0 Å². The van der Waals surface area contributed by atoms with Gasteiger partial charge in [0.2, 0.25) is 0 Å². The van der Waals surface area contributed by atoms with Crippen LogP contribution in [-0.2, 0) is 12.1 Å². The fraction of sp³-hybridized carbons (Fsp3) is 0.316. The minimum absolute atomic E-state index is 0.0174. The average Bonchev–Trinajstić information content (AvgIpc) is 2.66. The Labute approximate surface area is 171 Å². The molecule has 2 aromatic rings. The Kier molecular flexibility index (Phi) is 6.18. The lowest BCUT2D eigenvalue weighted by atomic mass is 9.88. The van der Waals surface area contributed by atoms with Crippen molar-refractivity contribution in [2.24, 2.45) is 10.7 Å². The minimum Gasteiger partial charge on any atom is -0.379 e. The topological polar surface area (TPSA) is 71.6 Å². The molecule has 1 aliphatic heterocycles. The van der Waals surface area contributed by atoms with Crippen molar-refractivity contribution in [3.8, 4) is 0 Å². The highest BCUT2D eigenvalue weighted by Crippen LogP contribution is 2.35. The Morgan fingerprint density at radius 1 is 1.35 bits per heavy atom. The maximum atomic E-state index is 13.0. The van der Waals surface area contributed by atoms with E-state index in [1.165, 1.54) is 0 Å². The zero-order chi connectivity index (χ0) is 18.6. The summed E-state index contributed by atoms with van der Waals surface area (Å²) in [7, 11) is 0. The van der Waals surface area contributed by atoms with Crippen LogP contribution in [0.2, 0.25) is 0 Å². The normalized spacial score (nSPS) is 19.7. The third-order valence-corrected chi connectivity index (χ3v) is 6.10. The van der Waals surface area contributed by atoms with Crippen LogP contribution in [0.1, 0.15) is 34.8 Å². The van der Waals surface area contributed by atoms with E-state index >= 15 is 0 Å². The number of rotatable bonds is 5. The van der Waals surface area contributed by atoms with Gasteiger partial charge < -0.3 is 10.6 Å². The molecule has 1 atom stereocenters. The number of aliphatic imine (C=N–C) groups is 1. The van der Waals surface area contributed by atoms with Crippen molar-refractivity contribution in [3.05, 3.63) is 65.5 Å². The molecule has 136 valence electrons. The molecule has 0 saturated heterocycles. The molecule has 5 nitrogen and oxygen atoms in total. The van der Waals surface area contributed by atoms with Crippen LogP contribution in [0.15, 0.2) is 53.8 Å².